The molecule has 0 aliphatic carbocycles. The van der Waals surface area contributed by atoms with Gasteiger partial charge in [-0.1, -0.05) is 11.6 Å². The van der Waals surface area contributed by atoms with Gasteiger partial charge in [-0.3, -0.25) is 0 Å². The molecular weight excluding hydrogens is 279 g/mol. The number of nitrogens with one attached hydrogen (secondary N) is 1. The lowest BCUT2D eigenvalue weighted by atomic mass is 10.1. The molecule has 0 aromatic heterocycles. The molecule has 0 amide bonds. The zero-order valence-corrected chi connectivity index (χ0v) is 11.5. The van der Waals surface area contributed by atoms with E-state index in [2.05, 4.69) is 11.4 Å². The first-order valence-corrected chi connectivity index (χ1v) is 6.28. The molecule has 3 nitrogen and oxygen atoms in total. The van der Waals surface area contributed by atoms with Gasteiger partial charge in [0.2, 0.25) is 0 Å². The Labute approximate surface area is 121 Å². The number of ether oxygens (including phenoxy) is 1. The lowest BCUT2D eigenvalue weighted by molar-refractivity contribution is 0.410. The number of nitrogens with zero attached hydrogens (tertiary/aromatic N) is 1. The summed E-state index contributed by atoms with van der Waals surface area (Å²) in [4.78, 5) is 0. The highest BCUT2D eigenvalue weighted by Gasteiger charge is 2.06. The predicted molar refractivity (Wildman–Crippen MR) is 76.4 cm³/mol. The molecule has 0 spiro atoms. The molecule has 0 bridgehead atoms. The normalized spacial score (nSPS) is 9.90. The number of halogens is 2. The molecule has 2 rings (SSSR count). The highest BCUT2D eigenvalue weighted by molar-refractivity contribution is 6.30. The van der Waals surface area contributed by atoms with Crippen molar-refractivity contribution in [3.05, 3.63) is 58.4 Å². The smallest absolute Gasteiger partial charge is 0.143 e. The molecule has 1 N–H and O–H groups in total. The summed E-state index contributed by atoms with van der Waals surface area (Å²) in [6.07, 6.45) is 0. The van der Waals surface area contributed by atoms with Crippen LogP contribution >= 0.6 is 11.6 Å². The van der Waals surface area contributed by atoms with Crippen LogP contribution in [0.3, 0.4) is 0 Å². The molecule has 2 aromatic carbocycles. The summed E-state index contributed by atoms with van der Waals surface area (Å²) in [6.45, 7) is 0.416. The lowest BCUT2D eigenvalue weighted by Gasteiger charge is -2.11. The van der Waals surface area contributed by atoms with Crippen molar-refractivity contribution in [3.63, 3.8) is 0 Å². The van der Waals surface area contributed by atoms with Gasteiger partial charge in [-0.25, -0.2) is 4.39 Å². The second kappa shape index (κ2) is 6.27. The fraction of sp³-hybridized carbons (Fsp3) is 0.133. The number of anilines is 1. The van der Waals surface area contributed by atoms with Crippen molar-refractivity contribution in [2.45, 2.75) is 6.54 Å². The summed E-state index contributed by atoms with van der Waals surface area (Å²) in [5.41, 5.74) is 1.98. The van der Waals surface area contributed by atoms with Crippen LogP contribution in [0.2, 0.25) is 5.02 Å². The molecule has 0 radical (unpaired) electrons. The molecule has 0 aliphatic heterocycles. The van der Waals surface area contributed by atoms with Gasteiger partial charge in [-0.2, -0.15) is 5.26 Å². The van der Waals surface area contributed by atoms with Gasteiger partial charge in [0.15, 0.2) is 0 Å². The van der Waals surface area contributed by atoms with Gasteiger partial charge in [0.05, 0.1) is 23.8 Å². The second-order valence-electron chi connectivity index (χ2n) is 4.12. The van der Waals surface area contributed by atoms with E-state index in [1.165, 1.54) is 12.1 Å². The Morgan fingerprint density at radius 3 is 2.75 bits per heavy atom. The minimum absolute atomic E-state index is 0.0830. The summed E-state index contributed by atoms with van der Waals surface area (Å²) in [7, 11) is 1.56. The van der Waals surface area contributed by atoms with E-state index in [0.717, 1.165) is 5.56 Å². The highest BCUT2D eigenvalue weighted by Crippen LogP contribution is 2.23. The van der Waals surface area contributed by atoms with Gasteiger partial charge < -0.3 is 10.1 Å². The average molecular weight is 291 g/mol. The van der Waals surface area contributed by atoms with E-state index < -0.39 is 5.82 Å². The van der Waals surface area contributed by atoms with Crippen LogP contribution < -0.4 is 10.1 Å². The first-order chi connectivity index (χ1) is 9.63. The van der Waals surface area contributed by atoms with Gasteiger partial charge >= 0.3 is 0 Å². The highest BCUT2D eigenvalue weighted by atomic mass is 35.5. The van der Waals surface area contributed by atoms with E-state index in [4.69, 9.17) is 21.6 Å². The monoisotopic (exact) mass is 290 g/mol. The van der Waals surface area contributed by atoms with Gasteiger partial charge in [-0.15, -0.1) is 0 Å². The molecule has 2 aromatic rings. The molecular formula is C15H12ClFN2O. The van der Waals surface area contributed by atoms with E-state index in [0.29, 0.717) is 23.5 Å². The van der Waals surface area contributed by atoms with Crippen LogP contribution in [0.1, 0.15) is 11.1 Å². The van der Waals surface area contributed by atoms with Crippen molar-refractivity contribution in [2.24, 2.45) is 0 Å². The van der Waals surface area contributed by atoms with E-state index >= 15 is 0 Å². The Morgan fingerprint density at radius 1 is 1.30 bits per heavy atom. The van der Waals surface area contributed by atoms with E-state index in [1.54, 1.807) is 31.4 Å². The summed E-state index contributed by atoms with van der Waals surface area (Å²) >= 11 is 5.63. The van der Waals surface area contributed by atoms with Crippen LogP contribution in [0.15, 0.2) is 36.4 Å². The Morgan fingerprint density at radius 2 is 2.10 bits per heavy atom. The molecule has 0 saturated carbocycles. The molecule has 0 unspecified atom stereocenters. The quantitative estimate of drug-likeness (QED) is 0.926. The molecule has 0 fully saturated rings. The van der Waals surface area contributed by atoms with Crippen LogP contribution in [-0.2, 0) is 6.54 Å². The summed E-state index contributed by atoms with van der Waals surface area (Å²) in [5.74, 6) is 0.195. The van der Waals surface area contributed by atoms with E-state index in [9.17, 15) is 4.39 Å². The summed E-state index contributed by atoms with van der Waals surface area (Å²) in [6, 6.07) is 11.7. The molecule has 0 aliphatic rings. The lowest BCUT2D eigenvalue weighted by Crippen LogP contribution is -2.02. The first kappa shape index (κ1) is 14.2. The number of nitriles is 1. The number of rotatable bonds is 4. The van der Waals surface area contributed by atoms with Gasteiger partial charge in [-0.05, 0) is 36.4 Å². The van der Waals surface area contributed by atoms with Crippen molar-refractivity contribution in [3.8, 4) is 11.8 Å². The van der Waals surface area contributed by atoms with Crippen molar-refractivity contribution in [1.29, 1.82) is 5.26 Å². The fourth-order valence-corrected chi connectivity index (χ4v) is 1.91. The Balaban J connectivity index is 2.17. The maximum absolute atomic E-state index is 13.3. The van der Waals surface area contributed by atoms with Gasteiger partial charge in [0.1, 0.15) is 11.6 Å². The van der Waals surface area contributed by atoms with Crippen LogP contribution in [-0.4, -0.2) is 7.11 Å². The molecule has 0 atom stereocenters. The molecule has 102 valence electrons. The number of hydrogen-bond donors (Lipinski definition) is 1. The molecule has 5 heteroatoms. The summed E-state index contributed by atoms with van der Waals surface area (Å²) < 4.78 is 18.6. The number of hydrogen-bond acceptors (Lipinski definition) is 3. The maximum Gasteiger partial charge on any atom is 0.143 e. The zero-order valence-electron chi connectivity index (χ0n) is 10.8. The van der Waals surface area contributed by atoms with E-state index in [-0.39, 0.29) is 5.02 Å². The van der Waals surface area contributed by atoms with Gasteiger partial charge in [0, 0.05) is 17.8 Å². The standard InChI is InChI=1S/C15H12ClFN2O/c1-20-15-5-2-10(8-18)6-11(15)9-19-12-3-4-13(16)14(17)7-12/h2-7,19H,9H2,1H3. The Hall–Kier alpha value is -2.25. The molecule has 0 heterocycles. The predicted octanol–water partition coefficient (Wildman–Crippen LogP) is 3.97. The largest absolute Gasteiger partial charge is 0.496 e. The zero-order chi connectivity index (χ0) is 14.5. The van der Waals surface area contributed by atoms with Crippen LogP contribution in [0.25, 0.3) is 0 Å². The third-order valence-electron chi connectivity index (χ3n) is 2.81. The summed E-state index contributed by atoms with van der Waals surface area (Å²) in [5, 5.41) is 12.1. The minimum atomic E-state index is -0.477. The van der Waals surface area contributed by atoms with Crippen molar-refractivity contribution in [1.82, 2.24) is 0 Å². The molecule has 20 heavy (non-hydrogen) atoms. The second-order valence-corrected chi connectivity index (χ2v) is 4.53. The van der Waals surface area contributed by atoms with Crippen LogP contribution in [0.5, 0.6) is 5.75 Å². The van der Waals surface area contributed by atoms with Crippen LogP contribution in [0, 0.1) is 17.1 Å². The van der Waals surface area contributed by atoms with Gasteiger partial charge in [0.25, 0.3) is 0 Å². The average Bonchev–Trinajstić information content (AvgIpc) is 2.48. The van der Waals surface area contributed by atoms with Crippen molar-refractivity contribution in [2.75, 3.05) is 12.4 Å². The third-order valence-corrected chi connectivity index (χ3v) is 3.12. The van der Waals surface area contributed by atoms with Crippen LogP contribution in [0.4, 0.5) is 10.1 Å². The SMILES string of the molecule is COc1ccc(C#N)cc1CNc1ccc(Cl)c(F)c1. The number of benzene rings is 2. The topological polar surface area (TPSA) is 45.0 Å². The number of methoxy groups -OCH3 is 1. The molecule has 0 saturated heterocycles. The van der Waals surface area contributed by atoms with Crippen molar-refractivity contribution >= 4 is 17.3 Å². The van der Waals surface area contributed by atoms with E-state index in [1.807, 2.05) is 0 Å². The fourth-order valence-electron chi connectivity index (χ4n) is 1.79. The Bertz CT molecular complexity index is 667. The third kappa shape index (κ3) is 3.19. The maximum atomic E-state index is 13.3. The minimum Gasteiger partial charge on any atom is -0.496 e. The van der Waals surface area contributed by atoms with Crippen molar-refractivity contribution < 1.29 is 9.13 Å². The Kier molecular flexibility index (Phi) is 4.44. The first-order valence-electron chi connectivity index (χ1n) is 5.90.